The molecule has 3 aromatic rings. The fraction of sp³-hybridized carbons (Fsp3) is 0.208. The number of pyridine rings is 1. The summed E-state index contributed by atoms with van der Waals surface area (Å²) in [5, 5.41) is 6.42. The first-order valence-electron chi connectivity index (χ1n) is 10.3. The molecule has 0 aliphatic carbocycles. The molecule has 10 heteroatoms. The number of carbonyl (C=O) groups excluding carboxylic acids is 2. The van der Waals surface area contributed by atoms with Crippen molar-refractivity contribution >= 4 is 46.6 Å². The molecule has 1 heterocycles. The number of aromatic nitrogens is 1. The summed E-state index contributed by atoms with van der Waals surface area (Å²) >= 11 is 12.0. The van der Waals surface area contributed by atoms with E-state index in [1.807, 2.05) is 18.2 Å². The number of halogens is 2. The van der Waals surface area contributed by atoms with E-state index < -0.39 is 11.9 Å². The van der Waals surface area contributed by atoms with Crippen LogP contribution in [0.4, 0.5) is 11.5 Å². The van der Waals surface area contributed by atoms with E-state index in [0.29, 0.717) is 30.5 Å². The molecule has 2 N–H and O–H groups in total. The van der Waals surface area contributed by atoms with E-state index in [0.717, 1.165) is 5.82 Å². The minimum atomic E-state index is -0.625. The predicted molar refractivity (Wildman–Crippen MR) is 131 cm³/mol. The summed E-state index contributed by atoms with van der Waals surface area (Å²) in [5.41, 5.74) is 0.614. The van der Waals surface area contributed by atoms with Crippen molar-refractivity contribution in [3.05, 3.63) is 82.0 Å². The van der Waals surface area contributed by atoms with Gasteiger partial charge in [-0.1, -0.05) is 29.3 Å². The van der Waals surface area contributed by atoms with Gasteiger partial charge in [-0.05, 0) is 48.5 Å². The highest BCUT2D eigenvalue weighted by molar-refractivity contribution is 6.37. The largest absolute Gasteiger partial charge is 0.491 e. The highest BCUT2D eigenvalue weighted by atomic mass is 35.5. The Kier molecular flexibility index (Phi) is 9.51. The lowest BCUT2D eigenvalue weighted by Crippen LogP contribution is -2.16. The van der Waals surface area contributed by atoms with Gasteiger partial charge in [0.1, 0.15) is 18.2 Å². The molecule has 1 aromatic heterocycles. The van der Waals surface area contributed by atoms with Gasteiger partial charge in [-0.3, -0.25) is 4.79 Å². The third-order valence-electron chi connectivity index (χ3n) is 4.53. The number of methoxy groups -OCH3 is 1. The Bertz CT molecular complexity index is 1130. The van der Waals surface area contributed by atoms with Gasteiger partial charge in [0.25, 0.3) is 5.91 Å². The average molecular weight is 504 g/mol. The van der Waals surface area contributed by atoms with Crippen molar-refractivity contribution in [3.8, 4) is 5.75 Å². The Morgan fingerprint density at radius 3 is 2.56 bits per heavy atom. The molecular formula is C24H23Cl2N3O5. The fourth-order valence-corrected chi connectivity index (χ4v) is 3.40. The van der Waals surface area contributed by atoms with Gasteiger partial charge in [0, 0.05) is 17.8 Å². The number of amides is 1. The number of esters is 1. The standard InChI is InChI=1S/C24H23Cl2N3O5/c1-32-24(31)19-15-17(34-13-12-33-11-10-28-22-4-2-3-9-27-22)6-8-21(19)29-23(30)18-7-5-16(25)14-20(18)26/h2-9,14-15H,10-13H2,1H3,(H,27,28)(H,29,30). The number of rotatable bonds is 11. The van der Waals surface area contributed by atoms with Crippen molar-refractivity contribution in [3.63, 3.8) is 0 Å². The number of carbonyl (C=O) groups is 2. The molecule has 1 amide bonds. The van der Waals surface area contributed by atoms with Crippen LogP contribution in [0.2, 0.25) is 10.0 Å². The van der Waals surface area contributed by atoms with Crippen LogP contribution in [0, 0.1) is 0 Å². The fourth-order valence-electron chi connectivity index (χ4n) is 2.90. The van der Waals surface area contributed by atoms with Gasteiger partial charge in [-0.2, -0.15) is 0 Å². The van der Waals surface area contributed by atoms with Gasteiger partial charge in [-0.15, -0.1) is 0 Å². The summed E-state index contributed by atoms with van der Waals surface area (Å²) in [6.07, 6.45) is 1.71. The van der Waals surface area contributed by atoms with Crippen molar-refractivity contribution in [2.75, 3.05) is 44.1 Å². The number of benzene rings is 2. The van der Waals surface area contributed by atoms with Crippen LogP contribution in [0.25, 0.3) is 0 Å². The van der Waals surface area contributed by atoms with E-state index in [1.165, 1.54) is 25.3 Å². The first kappa shape index (κ1) is 25.3. The molecule has 0 atom stereocenters. The Labute approximate surface area is 207 Å². The Morgan fingerprint density at radius 2 is 1.82 bits per heavy atom. The molecule has 0 aliphatic heterocycles. The van der Waals surface area contributed by atoms with Crippen LogP contribution >= 0.6 is 23.2 Å². The molecule has 3 rings (SSSR count). The molecule has 8 nitrogen and oxygen atoms in total. The summed E-state index contributed by atoms with van der Waals surface area (Å²) in [5.74, 6) is 0.0920. The normalized spacial score (nSPS) is 10.4. The zero-order valence-corrected chi connectivity index (χ0v) is 19.9. The second-order valence-corrected chi connectivity index (χ2v) is 7.72. The first-order chi connectivity index (χ1) is 16.5. The van der Waals surface area contributed by atoms with E-state index in [9.17, 15) is 9.59 Å². The summed E-state index contributed by atoms with van der Waals surface area (Å²) in [6.45, 7) is 1.71. The lowest BCUT2D eigenvalue weighted by molar-refractivity contribution is 0.0601. The summed E-state index contributed by atoms with van der Waals surface area (Å²) < 4.78 is 16.0. The molecular weight excluding hydrogens is 481 g/mol. The summed E-state index contributed by atoms with van der Waals surface area (Å²) in [7, 11) is 1.25. The Morgan fingerprint density at radius 1 is 0.971 bits per heavy atom. The topological polar surface area (TPSA) is 98.8 Å². The molecule has 0 bridgehead atoms. The smallest absolute Gasteiger partial charge is 0.340 e. The average Bonchev–Trinajstić information content (AvgIpc) is 2.84. The minimum Gasteiger partial charge on any atom is -0.491 e. The molecule has 0 saturated heterocycles. The maximum absolute atomic E-state index is 12.6. The van der Waals surface area contributed by atoms with Gasteiger partial charge in [0.15, 0.2) is 0 Å². The van der Waals surface area contributed by atoms with Crippen LogP contribution in [0.3, 0.4) is 0 Å². The maximum atomic E-state index is 12.6. The van der Waals surface area contributed by atoms with E-state index in [4.69, 9.17) is 37.4 Å². The van der Waals surface area contributed by atoms with Gasteiger partial charge < -0.3 is 24.8 Å². The van der Waals surface area contributed by atoms with Crippen LogP contribution in [-0.4, -0.2) is 50.3 Å². The molecule has 2 aromatic carbocycles. The number of nitrogens with one attached hydrogen (secondary N) is 2. The number of hydrogen-bond acceptors (Lipinski definition) is 7. The predicted octanol–water partition coefficient (Wildman–Crippen LogP) is 4.93. The highest BCUT2D eigenvalue weighted by Crippen LogP contribution is 2.26. The molecule has 34 heavy (non-hydrogen) atoms. The lowest BCUT2D eigenvalue weighted by atomic mass is 10.1. The molecule has 0 radical (unpaired) electrons. The van der Waals surface area contributed by atoms with Gasteiger partial charge in [0.05, 0.1) is 42.2 Å². The van der Waals surface area contributed by atoms with Crippen molar-refractivity contribution in [2.45, 2.75) is 0 Å². The van der Waals surface area contributed by atoms with Crippen molar-refractivity contribution in [1.82, 2.24) is 4.98 Å². The van der Waals surface area contributed by atoms with Gasteiger partial charge in [0.2, 0.25) is 0 Å². The van der Waals surface area contributed by atoms with Crippen LogP contribution in [0.1, 0.15) is 20.7 Å². The van der Waals surface area contributed by atoms with E-state index in [1.54, 1.807) is 24.4 Å². The maximum Gasteiger partial charge on any atom is 0.340 e. The number of nitrogens with zero attached hydrogens (tertiary/aromatic N) is 1. The minimum absolute atomic E-state index is 0.138. The van der Waals surface area contributed by atoms with E-state index in [2.05, 4.69) is 15.6 Å². The Balaban J connectivity index is 1.53. The molecule has 0 unspecified atom stereocenters. The molecule has 178 valence electrons. The van der Waals surface area contributed by atoms with Crippen LogP contribution in [0.15, 0.2) is 60.8 Å². The van der Waals surface area contributed by atoms with Crippen LogP contribution in [-0.2, 0) is 9.47 Å². The molecule has 0 spiro atoms. The molecule has 0 fully saturated rings. The lowest BCUT2D eigenvalue weighted by Gasteiger charge is -2.13. The number of ether oxygens (including phenoxy) is 3. The number of anilines is 2. The molecule has 0 aliphatic rings. The molecule has 0 saturated carbocycles. The van der Waals surface area contributed by atoms with Crippen molar-refractivity contribution < 1.29 is 23.8 Å². The first-order valence-corrected chi connectivity index (χ1v) is 11.1. The second kappa shape index (κ2) is 12.8. The van der Waals surface area contributed by atoms with E-state index >= 15 is 0 Å². The Hall–Kier alpha value is -3.33. The zero-order chi connectivity index (χ0) is 24.3. The summed E-state index contributed by atoms with van der Waals surface area (Å²) in [4.78, 5) is 29.1. The van der Waals surface area contributed by atoms with E-state index in [-0.39, 0.29) is 28.4 Å². The monoisotopic (exact) mass is 503 g/mol. The van der Waals surface area contributed by atoms with Crippen LogP contribution in [0.5, 0.6) is 5.75 Å². The quantitative estimate of drug-likeness (QED) is 0.282. The highest BCUT2D eigenvalue weighted by Gasteiger charge is 2.18. The van der Waals surface area contributed by atoms with Gasteiger partial charge >= 0.3 is 5.97 Å². The summed E-state index contributed by atoms with van der Waals surface area (Å²) in [6, 6.07) is 14.8. The van der Waals surface area contributed by atoms with Crippen LogP contribution < -0.4 is 15.4 Å². The SMILES string of the molecule is COC(=O)c1cc(OCCOCCNc2ccccn2)ccc1NC(=O)c1ccc(Cl)cc1Cl. The van der Waals surface area contributed by atoms with Gasteiger partial charge in [-0.25, -0.2) is 9.78 Å². The number of hydrogen-bond donors (Lipinski definition) is 2. The second-order valence-electron chi connectivity index (χ2n) is 6.88. The zero-order valence-electron chi connectivity index (χ0n) is 18.3. The third kappa shape index (κ3) is 7.34. The third-order valence-corrected chi connectivity index (χ3v) is 5.08. The van der Waals surface area contributed by atoms with Crippen molar-refractivity contribution in [2.24, 2.45) is 0 Å². The van der Waals surface area contributed by atoms with Crippen molar-refractivity contribution in [1.29, 1.82) is 0 Å².